The van der Waals surface area contributed by atoms with Crippen LogP contribution in [-0.4, -0.2) is 23.5 Å². The summed E-state index contributed by atoms with van der Waals surface area (Å²) in [7, 11) is 0. The predicted octanol–water partition coefficient (Wildman–Crippen LogP) is 3.30. The van der Waals surface area contributed by atoms with Crippen LogP contribution in [0.2, 0.25) is 0 Å². The average Bonchev–Trinajstić information content (AvgIpc) is 2.36. The molecule has 110 valence electrons. The first-order chi connectivity index (χ1) is 9.01. The number of hydrogen-bond acceptors (Lipinski definition) is 3. The van der Waals surface area contributed by atoms with Crippen molar-refractivity contribution in [2.75, 3.05) is 6.54 Å². The normalized spacial score (nSPS) is 14.6. The number of ketones is 1. The summed E-state index contributed by atoms with van der Waals surface area (Å²) in [4.78, 5) is 11.1. The van der Waals surface area contributed by atoms with Gasteiger partial charge in [-0.1, -0.05) is 43.9 Å². The summed E-state index contributed by atoms with van der Waals surface area (Å²) in [5, 5.41) is 10.1. The van der Waals surface area contributed by atoms with Crippen molar-refractivity contribution in [3.8, 4) is 0 Å². The Hall–Kier alpha value is -0.640. The first-order valence-corrected chi connectivity index (χ1v) is 7.36. The molecule has 4 heteroatoms. The van der Waals surface area contributed by atoms with E-state index >= 15 is 0 Å². The Morgan fingerprint density at radius 3 is 2.58 bits per heavy atom. The molecule has 0 fully saturated rings. The second kappa shape index (κ2) is 11.2. The van der Waals surface area contributed by atoms with Crippen molar-refractivity contribution >= 4 is 17.4 Å². The minimum absolute atomic E-state index is 0.166. The molecule has 19 heavy (non-hydrogen) atoms. The SMILES string of the molecule is CCCCCC(O)/C=C(\C=C(\Cl)C(C)=O)CCCN. The molecule has 0 amide bonds. The molecule has 0 spiro atoms. The Kier molecular flexibility index (Phi) is 10.8. The highest BCUT2D eigenvalue weighted by atomic mass is 35.5. The van der Waals surface area contributed by atoms with E-state index in [1.807, 2.05) is 0 Å². The van der Waals surface area contributed by atoms with Gasteiger partial charge in [0.25, 0.3) is 0 Å². The molecule has 0 radical (unpaired) electrons. The Morgan fingerprint density at radius 1 is 1.37 bits per heavy atom. The Bertz CT molecular complexity index is 324. The van der Waals surface area contributed by atoms with Crippen molar-refractivity contribution in [2.45, 2.75) is 58.5 Å². The van der Waals surface area contributed by atoms with Gasteiger partial charge >= 0.3 is 0 Å². The molecule has 0 rings (SSSR count). The van der Waals surface area contributed by atoms with Crippen LogP contribution >= 0.6 is 11.6 Å². The molecule has 0 saturated heterocycles. The van der Waals surface area contributed by atoms with Crippen LogP contribution < -0.4 is 5.73 Å². The molecule has 0 aromatic heterocycles. The number of rotatable bonds is 10. The zero-order valence-electron chi connectivity index (χ0n) is 12.0. The zero-order chi connectivity index (χ0) is 14.7. The third-order valence-electron chi connectivity index (χ3n) is 2.83. The van der Waals surface area contributed by atoms with E-state index in [0.29, 0.717) is 6.54 Å². The van der Waals surface area contributed by atoms with Gasteiger partial charge in [-0.15, -0.1) is 0 Å². The lowest BCUT2D eigenvalue weighted by Crippen LogP contribution is -2.05. The van der Waals surface area contributed by atoms with Gasteiger partial charge in [0.2, 0.25) is 0 Å². The molecular weight excluding hydrogens is 262 g/mol. The van der Waals surface area contributed by atoms with Gasteiger partial charge in [-0.25, -0.2) is 0 Å². The van der Waals surface area contributed by atoms with Gasteiger partial charge in [0, 0.05) is 6.92 Å². The Labute approximate surface area is 121 Å². The average molecular weight is 288 g/mol. The van der Waals surface area contributed by atoms with Crippen molar-refractivity contribution in [1.82, 2.24) is 0 Å². The third kappa shape index (κ3) is 9.88. The monoisotopic (exact) mass is 287 g/mol. The van der Waals surface area contributed by atoms with Gasteiger partial charge in [0.1, 0.15) is 0 Å². The fourth-order valence-electron chi connectivity index (χ4n) is 1.71. The number of hydrogen-bond donors (Lipinski definition) is 2. The molecule has 0 bridgehead atoms. The van der Waals surface area contributed by atoms with Crippen molar-refractivity contribution in [3.63, 3.8) is 0 Å². The lowest BCUT2D eigenvalue weighted by Gasteiger charge is -2.08. The number of Topliss-reactive ketones (excluding diaryl/α,β-unsaturated/α-hetero) is 1. The maximum Gasteiger partial charge on any atom is 0.171 e. The largest absolute Gasteiger partial charge is 0.389 e. The molecule has 0 aromatic carbocycles. The van der Waals surface area contributed by atoms with Gasteiger partial charge in [-0.05, 0) is 37.5 Å². The lowest BCUT2D eigenvalue weighted by molar-refractivity contribution is -0.113. The van der Waals surface area contributed by atoms with Crippen LogP contribution in [0.4, 0.5) is 0 Å². The maximum atomic E-state index is 11.1. The molecule has 0 aliphatic carbocycles. The van der Waals surface area contributed by atoms with Crippen LogP contribution in [0, 0.1) is 0 Å². The summed E-state index contributed by atoms with van der Waals surface area (Å²) in [5.41, 5.74) is 6.37. The third-order valence-corrected chi connectivity index (χ3v) is 3.20. The molecule has 3 nitrogen and oxygen atoms in total. The van der Waals surface area contributed by atoms with Gasteiger partial charge in [0.05, 0.1) is 11.1 Å². The number of nitrogens with two attached hydrogens (primary N) is 1. The fourth-order valence-corrected chi connectivity index (χ4v) is 1.85. The standard InChI is InChI=1S/C15H26ClNO2/c1-3-4-5-8-14(19)10-13(7-6-9-17)11-15(16)12(2)18/h10-11,14,19H,3-9,17H2,1-2H3/b13-10-,15-11+. The smallest absolute Gasteiger partial charge is 0.171 e. The summed E-state index contributed by atoms with van der Waals surface area (Å²) in [6, 6.07) is 0. The van der Waals surface area contributed by atoms with Crippen LogP contribution in [0.1, 0.15) is 52.4 Å². The van der Waals surface area contributed by atoms with E-state index in [1.54, 1.807) is 12.2 Å². The summed E-state index contributed by atoms with van der Waals surface area (Å²) in [6.45, 7) is 4.14. The second-order valence-corrected chi connectivity index (χ2v) is 5.15. The molecule has 0 saturated carbocycles. The number of carbonyl (C=O) groups is 1. The van der Waals surface area contributed by atoms with Crippen LogP contribution in [0.3, 0.4) is 0 Å². The van der Waals surface area contributed by atoms with E-state index < -0.39 is 6.10 Å². The van der Waals surface area contributed by atoms with Crippen LogP contribution in [0.15, 0.2) is 22.8 Å². The molecule has 3 N–H and O–H groups in total. The summed E-state index contributed by atoms with van der Waals surface area (Å²) >= 11 is 5.86. The number of halogens is 1. The van der Waals surface area contributed by atoms with Crippen LogP contribution in [0.25, 0.3) is 0 Å². The minimum Gasteiger partial charge on any atom is -0.389 e. The van der Waals surface area contributed by atoms with E-state index in [9.17, 15) is 9.90 Å². The molecule has 1 atom stereocenters. The quantitative estimate of drug-likeness (QED) is 0.368. The van der Waals surface area contributed by atoms with Crippen molar-refractivity contribution in [3.05, 3.63) is 22.8 Å². The molecule has 1 unspecified atom stereocenters. The Balaban J connectivity index is 4.63. The highest BCUT2D eigenvalue weighted by molar-refractivity contribution is 6.42. The Morgan fingerprint density at radius 2 is 2.05 bits per heavy atom. The van der Waals surface area contributed by atoms with E-state index in [-0.39, 0.29) is 10.8 Å². The predicted molar refractivity (Wildman–Crippen MR) is 81.1 cm³/mol. The lowest BCUT2D eigenvalue weighted by atomic mass is 10.0. The summed E-state index contributed by atoms with van der Waals surface area (Å²) < 4.78 is 0. The molecule has 0 aromatic rings. The van der Waals surface area contributed by atoms with E-state index in [2.05, 4.69) is 6.92 Å². The topological polar surface area (TPSA) is 63.3 Å². The number of aliphatic hydroxyl groups is 1. The number of allylic oxidation sites excluding steroid dienone is 3. The van der Waals surface area contributed by atoms with Gasteiger partial charge < -0.3 is 10.8 Å². The number of unbranched alkanes of at least 4 members (excludes halogenated alkanes) is 2. The van der Waals surface area contributed by atoms with Gasteiger partial charge in [-0.2, -0.15) is 0 Å². The second-order valence-electron chi connectivity index (χ2n) is 4.75. The maximum absolute atomic E-state index is 11.1. The minimum atomic E-state index is -0.480. The summed E-state index contributed by atoms with van der Waals surface area (Å²) in [5.74, 6) is -0.166. The molecule has 0 aliphatic rings. The van der Waals surface area contributed by atoms with Crippen LogP contribution in [-0.2, 0) is 4.79 Å². The highest BCUT2D eigenvalue weighted by Crippen LogP contribution is 2.15. The molecular formula is C15H26ClNO2. The van der Waals surface area contributed by atoms with E-state index in [0.717, 1.165) is 44.1 Å². The van der Waals surface area contributed by atoms with Crippen molar-refractivity contribution < 1.29 is 9.90 Å². The summed E-state index contributed by atoms with van der Waals surface area (Å²) in [6.07, 6.45) is 8.48. The van der Waals surface area contributed by atoms with Crippen molar-refractivity contribution in [1.29, 1.82) is 0 Å². The highest BCUT2D eigenvalue weighted by Gasteiger charge is 2.05. The first-order valence-electron chi connectivity index (χ1n) is 6.98. The van der Waals surface area contributed by atoms with E-state index in [4.69, 9.17) is 17.3 Å². The van der Waals surface area contributed by atoms with Crippen LogP contribution in [0.5, 0.6) is 0 Å². The fraction of sp³-hybridized carbons (Fsp3) is 0.667. The number of aliphatic hydroxyl groups excluding tert-OH is 1. The van der Waals surface area contributed by atoms with Gasteiger partial charge in [0.15, 0.2) is 5.78 Å². The molecule has 0 aliphatic heterocycles. The van der Waals surface area contributed by atoms with E-state index in [1.165, 1.54) is 6.92 Å². The molecule has 0 heterocycles. The first kappa shape index (κ1) is 18.4. The van der Waals surface area contributed by atoms with Crippen molar-refractivity contribution in [2.24, 2.45) is 5.73 Å². The zero-order valence-corrected chi connectivity index (χ0v) is 12.7. The van der Waals surface area contributed by atoms with Gasteiger partial charge in [-0.3, -0.25) is 4.79 Å². The number of carbonyl (C=O) groups excluding carboxylic acids is 1.